The summed E-state index contributed by atoms with van der Waals surface area (Å²) in [5, 5.41) is 12.7. The maximum absolute atomic E-state index is 10.7. The Bertz CT molecular complexity index is 478. The second kappa shape index (κ2) is 8.22. The van der Waals surface area contributed by atoms with Gasteiger partial charge in [0.2, 0.25) is 0 Å². The maximum Gasteiger partial charge on any atom is 0.269 e. The Hall–Kier alpha value is -1.50. The van der Waals surface area contributed by atoms with E-state index < -0.39 is 0 Å². The van der Waals surface area contributed by atoms with E-state index in [0.717, 1.165) is 44.4 Å². The number of hydrogen-bond donors (Lipinski definition) is 0. The Balaban J connectivity index is 2.00. The molecule has 0 radical (unpaired) electrons. The molecule has 0 aliphatic carbocycles. The van der Waals surface area contributed by atoms with Gasteiger partial charge in [0.15, 0.2) is 0 Å². The van der Waals surface area contributed by atoms with Crippen LogP contribution >= 0.6 is 0 Å². The van der Waals surface area contributed by atoms with E-state index in [1.807, 2.05) is 5.06 Å². The van der Waals surface area contributed by atoms with Crippen LogP contribution in [0.3, 0.4) is 0 Å². The van der Waals surface area contributed by atoms with Gasteiger partial charge in [-0.3, -0.25) is 15.0 Å². The lowest BCUT2D eigenvalue weighted by Crippen LogP contribution is -2.41. The normalized spacial score (nSPS) is 20.2. The van der Waals surface area contributed by atoms with Crippen LogP contribution in [0.15, 0.2) is 24.3 Å². The van der Waals surface area contributed by atoms with Crippen LogP contribution < -0.4 is 0 Å². The van der Waals surface area contributed by atoms with E-state index in [9.17, 15) is 10.1 Å². The van der Waals surface area contributed by atoms with Crippen LogP contribution in [0, 0.1) is 10.1 Å². The van der Waals surface area contributed by atoms with E-state index in [1.54, 1.807) is 31.4 Å². The minimum atomic E-state index is -0.380. The van der Waals surface area contributed by atoms with Gasteiger partial charge in [-0.15, -0.1) is 0 Å². The molecule has 1 heterocycles. The number of nitro groups is 1. The largest absolute Gasteiger partial charge is 0.379 e. The third-order valence-electron chi connectivity index (χ3n) is 4.03. The number of hydrogen-bond acceptors (Lipinski definition) is 5. The van der Waals surface area contributed by atoms with Crippen LogP contribution in [0.2, 0.25) is 0 Å². The summed E-state index contributed by atoms with van der Waals surface area (Å²) in [6.07, 6.45) is 3.90. The Morgan fingerprint density at radius 1 is 1.41 bits per heavy atom. The highest BCUT2D eigenvalue weighted by Crippen LogP contribution is 2.25. The molecule has 0 unspecified atom stereocenters. The van der Waals surface area contributed by atoms with Crippen LogP contribution in [0.5, 0.6) is 0 Å². The van der Waals surface area contributed by atoms with Crippen molar-refractivity contribution in [3.8, 4) is 0 Å². The summed E-state index contributed by atoms with van der Waals surface area (Å²) >= 11 is 0. The minimum Gasteiger partial charge on any atom is -0.379 e. The van der Waals surface area contributed by atoms with Crippen molar-refractivity contribution in [3.05, 3.63) is 39.9 Å². The predicted molar refractivity (Wildman–Crippen MR) is 83.6 cm³/mol. The molecule has 1 aliphatic heterocycles. The Kier molecular flexibility index (Phi) is 6.30. The highest BCUT2D eigenvalue weighted by Gasteiger charge is 2.32. The van der Waals surface area contributed by atoms with Crippen molar-refractivity contribution in [2.24, 2.45) is 0 Å². The highest BCUT2D eigenvalue weighted by molar-refractivity contribution is 5.33. The van der Waals surface area contributed by atoms with Gasteiger partial charge in [-0.25, -0.2) is 0 Å². The first kappa shape index (κ1) is 16.9. The van der Waals surface area contributed by atoms with Crippen molar-refractivity contribution < 1.29 is 14.5 Å². The second-order valence-corrected chi connectivity index (χ2v) is 5.59. The maximum atomic E-state index is 10.7. The van der Waals surface area contributed by atoms with Crippen molar-refractivity contribution >= 4 is 5.69 Å². The van der Waals surface area contributed by atoms with Crippen LogP contribution in [-0.2, 0) is 16.0 Å². The average Bonchev–Trinajstić information content (AvgIpc) is 2.99. The zero-order chi connectivity index (χ0) is 15.9. The van der Waals surface area contributed by atoms with Crippen LogP contribution in [-0.4, -0.2) is 42.4 Å². The molecule has 1 aliphatic rings. The summed E-state index contributed by atoms with van der Waals surface area (Å²) in [6, 6.07) is 6.93. The van der Waals surface area contributed by atoms with E-state index >= 15 is 0 Å². The first-order valence-electron chi connectivity index (χ1n) is 7.81. The zero-order valence-electron chi connectivity index (χ0n) is 13.2. The van der Waals surface area contributed by atoms with Gasteiger partial charge in [-0.05, 0) is 24.8 Å². The fourth-order valence-corrected chi connectivity index (χ4v) is 2.87. The smallest absolute Gasteiger partial charge is 0.269 e. The lowest BCUT2D eigenvalue weighted by molar-refractivity contribution is -0.384. The Morgan fingerprint density at radius 2 is 2.14 bits per heavy atom. The van der Waals surface area contributed by atoms with Gasteiger partial charge in [0.1, 0.15) is 0 Å². The number of hydroxylamine groups is 2. The standard InChI is InChI=1S/C16H24N2O4/c1-3-11-22-17-10-4-5-15(17)16(21-2)12-13-6-8-14(9-7-13)18(19)20/h6-9,15-16H,3-5,10-12H2,1-2H3/t15-,16+/m0/s1. The summed E-state index contributed by atoms with van der Waals surface area (Å²) in [5.41, 5.74) is 1.16. The molecule has 6 nitrogen and oxygen atoms in total. The quantitative estimate of drug-likeness (QED) is 0.545. The average molecular weight is 308 g/mol. The number of ether oxygens (including phenoxy) is 1. The van der Waals surface area contributed by atoms with Crippen LogP contribution in [0.1, 0.15) is 31.7 Å². The van der Waals surface area contributed by atoms with Crippen molar-refractivity contribution in [1.82, 2.24) is 5.06 Å². The van der Waals surface area contributed by atoms with E-state index in [-0.39, 0.29) is 22.8 Å². The lowest BCUT2D eigenvalue weighted by atomic mass is 10.0. The summed E-state index contributed by atoms with van der Waals surface area (Å²) in [7, 11) is 1.71. The minimum absolute atomic E-state index is 0.0285. The van der Waals surface area contributed by atoms with Gasteiger partial charge in [-0.1, -0.05) is 19.1 Å². The molecular weight excluding hydrogens is 284 g/mol. The fraction of sp³-hybridized carbons (Fsp3) is 0.625. The molecule has 1 fully saturated rings. The number of benzene rings is 1. The molecule has 2 rings (SSSR count). The zero-order valence-corrected chi connectivity index (χ0v) is 13.2. The number of non-ortho nitro benzene ring substituents is 1. The summed E-state index contributed by atoms with van der Waals surface area (Å²) in [6.45, 7) is 3.75. The first-order valence-corrected chi connectivity index (χ1v) is 7.81. The van der Waals surface area contributed by atoms with Crippen LogP contribution in [0.25, 0.3) is 0 Å². The first-order chi connectivity index (χ1) is 10.7. The number of methoxy groups -OCH3 is 1. The van der Waals surface area contributed by atoms with E-state index in [1.165, 1.54) is 0 Å². The molecule has 122 valence electrons. The SMILES string of the molecule is CCCON1CCC[C@H]1[C@@H](Cc1ccc([N+](=O)[O-])cc1)OC. The van der Waals surface area contributed by atoms with Gasteiger partial charge in [0.05, 0.1) is 23.7 Å². The molecule has 6 heteroatoms. The molecule has 0 spiro atoms. The molecule has 1 saturated heterocycles. The summed E-state index contributed by atoms with van der Waals surface area (Å²) in [5.74, 6) is 0. The summed E-state index contributed by atoms with van der Waals surface area (Å²) in [4.78, 5) is 16.1. The van der Waals surface area contributed by atoms with Crippen molar-refractivity contribution in [3.63, 3.8) is 0 Å². The van der Waals surface area contributed by atoms with Crippen molar-refractivity contribution in [2.45, 2.75) is 44.8 Å². The molecule has 0 N–H and O–H groups in total. The van der Waals surface area contributed by atoms with Crippen LogP contribution in [0.4, 0.5) is 5.69 Å². The molecule has 0 amide bonds. The molecule has 0 bridgehead atoms. The molecule has 1 aromatic rings. The van der Waals surface area contributed by atoms with Gasteiger partial charge in [0.25, 0.3) is 5.69 Å². The second-order valence-electron chi connectivity index (χ2n) is 5.59. The summed E-state index contributed by atoms with van der Waals surface area (Å²) < 4.78 is 5.67. The molecule has 22 heavy (non-hydrogen) atoms. The van der Waals surface area contributed by atoms with Gasteiger partial charge in [-0.2, -0.15) is 5.06 Å². The predicted octanol–water partition coefficient (Wildman–Crippen LogP) is 2.96. The third-order valence-corrected chi connectivity index (χ3v) is 4.03. The molecule has 0 aromatic heterocycles. The lowest BCUT2D eigenvalue weighted by Gasteiger charge is -2.30. The van der Waals surface area contributed by atoms with Gasteiger partial charge < -0.3 is 4.74 Å². The van der Waals surface area contributed by atoms with Gasteiger partial charge >= 0.3 is 0 Å². The highest BCUT2D eigenvalue weighted by atomic mass is 16.7. The van der Waals surface area contributed by atoms with E-state index in [2.05, 4.69) is 6.92 Å². The number of rotatable bonds is 8. The topological polar surface area (TPSA) is 64.8 Å². The Morgan fingerprint density at radius 3 is 2.73 bits per heavy atom. The monoisotopic (exact) mass is 308 g/mol. The number of nitro benzene ring substituents is 1. The Labute approximate surface area is 131 Å². The van der Waals surface area contributed by atoms with Crippen molar-refractivity contribution in [2.75, 3.05) is 20.3 Å². The van der Waals surface area contributed by atoms with Gasteiger partial charge in [0, 0.05) is 32.2 Å². The molecule has 2 atom stereocenters. The molecule has 0 saturated carbocycles. The fourth-order valence-electron chi connectivity index (χ4n) is 2.87. The number of nitrogens with zero attached hydrogens (tertiary/aromatic N) is 2. The van der Waals surface area contributed by atoms with Crippen molar-refractivity contribution in [1.29, 1.82) is 0 Å². The van der Waals surface area contributed by atoms with E-state index in [4.69, 9.17) is 9.57 Å². The third kappa shape index (κ3) is 4.25. The molecule has 1 aromatic carbocycles. The molecular formula is C16H24N2O4. The van der Waals surface area contributed by atoms with E-state index in [0.29, 0.717) is 0 Å².